The summed E-state index contributed by atoms with van der Waals surface area (Å²) in [6.45, 7) is 9.52. The van der Waals surface area contributed by atoms with Gasteiger partial charge >= 0.3 is 5.97 Å². The van der Waals surface area contributed by atoms with E-state index in [1.54, 1.807) is 10.7 Å². The van der Waals surface area contributed by atoms with Crippen LogP contribution in [0.15, 0.2) is 76.5 Å². The molecule has 418 valence electrons. The van der Waals surface area contributed by atoms with E-state index in [-0.39, 0.29) is 72.1 Å². The maximum absolute atomic E-state index is 13.7. The van der Waals surface area contributed by atoms with E-state index in [0.29, 0.717) is 117 Å². The highest BCUT2D eigenvalue weighted by Gasteiger charge is 2.38. The Labute approximate surface area is 462 Å². The van der Waals surface area contributed by atoms with Crippen molar-refractivity contribution in [2.45, 2.75) is 103 Å². The number of hydrogen-bond acceptors (Lipinski definition) is 15. The molecule has 79 heavy (non-hydrogen) atoms. The number of aryl methyl sites for hydroxylation is 1. The van der Waals surface area contributed by atoms with Gasteiger partial charge in [-0.3, -0.25) is 38.5 Å². The number of Topliss-reactive ketones (excluding diaryl/α,β-unsaturated/α-hetero) is 1. The van der Waals surface area contributed by atoms with Crippen molar-refractivity contribution < 1.29 is 38.3 Å². The number of ketones is 1. The molecule has 0 radical (unpaired) electrons. The van der Waals surface area contributed by atoms with Crippen LogP contribution in [0.1, 0.15) is 104 Å². The molecule has 1 aliphatic carbocycles. The third kappa shape index (κ3) is 15.9. The quantitative estimate of drug-likeness (QED) is 0.00747. The summed E-state index contributed by atoms with van der Waals surface area (Å²) in [7, 11) is 7.69. The number of imide groups is 1. The van der Waals surface area contributed by atoms with Crippen molar-refractivity contribution in [1.82, 2.24) is 55.0 Å². The Balaban J connectivity index is 0.806. The predicted molar refractivity (Wildman–Crippen MR) is 300 cm³/mol. The van der Waals surface area contributed by atoms with Gasteiger partial charge in [-0.15, -0.1) is 22.0 Å². The zero-order valence-electron chi connectivity index (χ0n) is 46.0. The van der Waals surface area contributed by atoms with Crippen LogP contribution in [0.2, 0.25) is 0 Å². The average Bonchev–Trinajstić information content (AvgIpc) is 4.16. The van der Waals surface area contributed by atoms with Gasteiger partial charge in [0.2, 0.25) is 29.0 Å². The fourth-order valence-electron chi connectivity index (χ4n) is 9.11. The summed E-state index contributed by atoms with van der Waals surface area (Å²) in [4.78, 5) is 86.0. The number of azide groups is 1. The van der Waals surface area contributed by atoms with Gasteiger partial charge in [0.15, 0.2) is 5.78 Å². The number of hydrogen-bond donors (Lipinski definition) is 3. The standard InChI is InChI=1S/C55H69N15O8S/c1-55(2,3)70-34-38(61-64-70)32-67(24-12-23-59-62-56)31-37-33-68(63-60-37)25-10-14-49(72)57-21-11-22-58-50(73)35-79-48-30-51(74)69(53(48)75)26-9-8-13-45(71)36-15-18-41(54(76)77)44(27-36)52-42-19-16-39(65(4)5)28-46(42)78-47-29-40(66(6)7)17-20-43(47)52/h15-20,27-29,33-34,48H,8-14,21-26,30-32,35H2,1-7H3,(H2-,57,58,72,73,76,77)/p+1. The number of amides is 4. The zero-order chi connectivity index (χ0) is 56.8. The van der Waals surface area contributed by atoms with E-state index in [0.717, 1.165) is 34.2 Å². The first-order chi connectivity index (χ1) is 37.8. The second kappa shape index (κ2) is 27.1. The summed E-state index contributed by atoms with van der Waals surface area (Å²) >= 11 is 1.11. The monoisotopic (exact) mass is 1100 g/mol. The average molecular weight is 1100 g/mol. The van der Waals surface area contributed by atoms with Crippen LogP contribution < -0.4 is 25.5 Å². The lowest BCUT2D eigenvalue weighted by atomic mass is 9.88. The van der Waals surface area contributed by atoms with Crippen LogP contribution in [-0.4, -0.2) is 152 Å². The first-order valence-corrected chi connectivity index (χ1v) is 27.5. The van der Waals surface area contributed by atoms with Gasteiger partial charge in [-0.05, 0) is 101 Å². The van der Waals surface area contributed by atoms with E-state index in [9.17, 15) is 33.9 Å². The van der Waals surface area contributed by atoms with E-state index in [2.05, 4.69) is 67.0 Å². The van der Waals surface area contributed by atoms with Gasteiger partial charge in [-0.2, -0.15) is 0 Å². The van der Waals surface area contributed by atoms with Crippen molar-refractivity contribution >= 4 is 63.8 Å². The van der Waals surface area contributed by atoms with E-state index in [1.807, 2.05) is 91.1 Å². The van der Waals surface area contributed by atoms with E-state index >= 15 is 0 Å². The molecule has 3 N–H and O–H groups in total. The Hall–Kier alpha value is -7.95. The van der Waals surface area contributed by atoms with Gasteiger partial charge in [0, 0.05) is 130 Å². The van der Waals surface area contributed by atoms with Crippen molar-refractivity contribution in [3.63, 3.8) is 0 Å². The molecule has 1 fully saturated rings. The topological polar surface area (TPSA) is 283 Å². The molecule has 4 amide bonds. The fourth-order valence-corrected chi connectivity index (χ4v) is 10.1. The predicted octanol–water partition coefficient (Wildman–Crippen LogP) is 5.96. The van der Waals surface area contributed by atoms with Gasteiger partial charge in [-0.25, -0.2) is 14.1 Å². The third-order valence-electron chi connectivity index (χ3n) is 13.4. The van der Waals surface area contributed by atoms with Crippen molar-refractivity contribution in [3.05, 3.63) is 105 Å². The summed E-state index contributed by atoms with van der Waals surface area (Å²) in [6, 6.07) is 16.1. The van der Waals surface area contributed by atoms with Crippen LogP contribution in [0.5, 0.6) is 0 Å². The lowest BCUT2D eigenvalue weighted by molar-refractivity contribution is -0.138. The number of aromatic carboxylic acids is 1. The number of carboxylic acid groups (broad SMARTS) is 1. The molecular weight excluding hydrogens is 1030 g/mol. The number of carbonyl (C=O) groups is 6. The van der Waals surface area contributed by atoms with Crippen LogP contribution in [0.25, 0.3) is 43.9 Å². The minimum Gasteiger partial charge on any atom is -0.478 e. The Morgan fingerprint density at radius 1 is 0.873 bits per heavy atom. The van der Waals surface area contributed by atoms with Crippen LogP contribution in [0.4, 0.5) is 5.69 Å². The van der Waals surface area contributed by atoms with E-state index in [1.165, 1.54) is 17.0 Å². The molecule has 3 aliphatic rings. The lowest BCUT2D eigenvalue weighted by Crippen LogP contribution is -2.33. The smallest absolute Gasteiger partial charge is 0.336 e. The molecule has 24 heteroatoms. The summed E-state index contributed by atoms with van der Waals surface area (Å²) < 4.78 is 11.9. The number of benzene rings is 3. The molecule has 23 nitrogen and oxygen atoms in total. The highest BCUT2D eigenvalue weighted by Crippen LogP contribution is 2.42. The van der Waals surface area contributed by atoms with Crippen molar-refractivity contribution in [1.29, 1.82) is 0 Å². The number of rotatable bonds is 28. The van der Waals surface area contributed by atoms with Gasteiger partial charge in [-0.1, -0.05) is 21.6 Å². The molecule has 2 aliphatic heterocycles. The first kappa shape index (κ1) is 58.7. The molecule has 4 heterocycles. The second-order valence-electron chi connectivity index (χ2n) is 20.9. The number of nitrogens with one attached hydrogen (secondary N) is 2. The maximum Gasteiger partial charge on any atom is 0.336 e. The summed E-state index contributed by atoms with van der Waals surface area (Å²) in [6.07, 6.45) is 6.61. The number of unbranched alkanes of at least 4 members (excludes halogenated alkanes) is 1. The first-order valence-electron chi connectivity index (χ1n) is 26.4. The molecule has 4 aromatic rings. The Bertz CT molecular complexity index is 3280. The molecule has 7 rings (SSSR count). The molecule has 2 aromatic carbocycles. The Kier molecular flexibility index (Phi) is 20.1. The maximum atomic E-state index is 13.7. The summed E-state index contributed by atoms with van der Waals surface area (Å²) in [5, 5.41) is 37.8. The molecule has 1 saturated heterocycles. The van der Waals surface area contributed by atoms with Crippen LogP contribution >= 0.6 is 11.8 Å². The summed E-state index contributed by atoms with van der Waals surface area (Å²) in [5.74, 6) is -1.91. The van der Waals surface area contributed by atoms with Gasteiger partial charge < -0.3 is 25.1 Å². The molecular formula is C55H70N15O8S+. The van der Waals surface area contributed by atoms with E-state index < -0.39 is 11.2 Å². The second-order valence-corrected chi connectivity index (χ2v) is 22.1. The van der Waals surface area contributed by atoms with Crippen molar-refractivity contribution in [2.24, 2.45) is 5.11 Å². The van der Waals surface area contributed by atoms with Gasteiger partial charge in [0.1, 0.15) is 25.4 Å². The third-order valence-corrected chi connectivity index (χ3v) is 14.6. The molecule has 1 atom stereocenters. The van der Waals surface area contributed by atoms with Crippen LogP contribution in [0.3, 0.4) is 0 Å². The normalized spacial score (nSPS) is 13.6. The number of carbonyl (C=O) groups excluding carboxylic acids is 5. The van der Waals surface area contributed by atoms with E-state index in [4.69, 9.17) is 9.95 Å². The molecule has 0 spiro atoms. The molecule has 0 saturated carbocycles. The summed E-state index contributed by atoms with van der Waals surface area (Å²) in [5.41, 5.74) is 13.6. The van der Waals surface area contributed by atoms with Gasteiger partial charge in [0.05, 0.1) is 45.8 Å². The van der Waals surface area contributed by atoms with Gasteiger partial charge in [0.25, 0.3) is 0 Å². The fraction of sp³-hybridized carbons (Fsp3) is 0.473. The molecule has 0 bridgehead atoms. The van der Waals surface area contributed by atoms with Crippen molar-refractivity contribution in [2.75, 3.05) is 71.6 Å². The van der Waals surface area contributed by atoms with Crippen LogP contribution in [0, 0.1) is 0 Å². The number of likely N-dealkylation sites (tertiary alicyclic amines) is 1. The Morgan fingerprint density at radius 2 is 1.62 bits per heavy atom. The molecule has 1 unspecified atom stereocenters. The number of carboxylic acids is 1. The Morgan fingerprint density at radius 3 is 2.33 bits per heavy atom. The number of aromatic nitrogens is 6. The highest BCUT2D eigenvalue weighted by molar-refractivity contribution is 8.01. The number of anilines is 1. The number of nitrogens with zero attached hydrogens (tertiary/aromatic N) is 13. The lowest BCUT2D eigenvalue weighted by Gasteiger charge is -2.20. The number of fused-ring (bicyclic) bond motifs is 2. The number of thioether (sulfide) groups is 1. The minimum atomic E-state index is -1.14. The zero-order valence-corrected chi connectivity index (χ0v) is 46.8. The highest BCUT2D eigenvalue weighted by atomic mass is 32.2. The SMILES string of the molecule is CN(C)c1ccc2c(-c3cc(C(=O)CCCCN4C(=O)CC(SCC(=O)NCCCNC(=O)CCCn5cc(CN(CCCN=[N+]=[N-])Cc6cn(C(C)(C)C)nn6)nn5)C4=O)ccc3C(=O)O)c3ccc(=[N+](C)C)cc-3oc2c1. The molecule has 2 aromatic heterocycles. The van der Waals surface area contributed by atoms with Crippen molar-refractivity contribution in [3.8, 4) is 22.5 Å². The minimum absolute atomic E-state index is 0.0155. The van der Waals surface area contributed by atoms with Crippen LogP contribution in [-0.2, 0) is 44.4 Å². The largest absolute Gasteiger partial charge is 0.478 e.